The Labute approximate surface area is 116 Å². The van der Waals surface area contributed by atoms with Crippen LogP contribution in [-0.2, 0) is 0 Å². The van der Waals surface area contributed by atoms with Crippen molar-refractivity contribution in [2.24, 2.45) is 0 Å². The van der Waals surface area contributed by atoms with Gasteiger partial charge in [-0.3, -0.25) is 0 Å². The molecule has 3 nitrogen and oxygen atoms in total. The van der Waals surface area contributed by atoms with Crippen LogP contribution in [0.3, 0.4) is 0 Å². The first kappa shape index (κ1) is 16.3. The van der Waals surface area contributed by atoms with E-state index in [2.05, 4.69) is 10.6 Å². The lowest BCUT2D eigenvalue weighted by Crippen LogP contribution is -2.29. The highest BCUT2D eigenvalue weighted by Gasteiger charge is 2.19. The van der Waals surface area contributed by atoms with Crippen LogP contribution in [0.2, 0.25) is 0 Å². The van der Waals surface area contributed by atoms with Gasteiger partial charge in [0.1, 0.15) is 5.82 Å². The molecule has 0 heterocycles. The second-order valence-electron chi connectivity index (χ2n) is 4.77. The van der Waals surface area contributed by atoms with E-state index >= 15 is 0 Å². The van der Waals surface area contributed by atoms with Crippen LogP contribution in [0.4, 0.5) is 23.7 Å². The van der Waals surface area contributed by atoms with Crippen LogP contribution in [0.25, 0.3) is 0 Å². The number of urea groups is 1. The van der Waals surface area contributed by atoms with Gasteiger partial charge in [-0.05, 0) is 38.0 Å². The molecular formula is C14H19F3N2O. The first-order chi connectivity index (χ1) is 9.37. The minimum atomic E-state index is -2.62. The average molecular weight is 288 g/mol. The predicted molar refractivity (Wildman–Crippen MR) is 72.5 cm³/mol. The van der Waals surface area contributed by atoms with E-state index in [1.54, 1.807) is 6.07 Å². The van der Waals surface area contributed by atoms with Crippen LogP contribution in [0.5, 0.6) is 0 Å². The number of rotatable bonds is 7. The lowest BCUT2D eigenvalue weighted by atomic mass is 10.1. The molecule has 0 atom stereocenters. The number of alkyl halides is 2. The Kier molecular flexibility index (Phi) is 6.35. The zero-order valence-electron chi connectivity index (χ0n) is 11.4. The summed E-state index contributed by atoms with van der Waals surface area (Å²) in [5.41, 5.74) is 0.369. The number of hydrogen-bond donors (Lipinski definition) is 2. The van der Waals surface area contributed by atoms with Gasteiger partial charge < -0.3 is 10.6 Å². The first-order valence-corrected chi connectivity index (χ1v) is 6.55. The fourth-order valence-electron chi connectivity index (χ4n) is 1.68. The summed E-state index contributed by atoms with van der Waals surface area (Å²) in [6.45, 7) is 1.30. The predicted octanol–water partition coefficient (Wildman–Crippen LogP) is 4.16. The normalized spacial score (nSPS) is 11.2. The first-order valence-electron chi connectivity index (χ1n) is 6.55. The third-order valence-electron chi connectivity index (χ3n) is 2.66. The zero-order valence-corrected chi connectivity index (χ0v) is 11.4. The molecule has 0 saturated carbocycles. The van der Waals surface area contributed by atoms with Crippen LogP contribution in [0.1, 0.15) is 32.6 Å². The molecule has 0 aliphatic rings. The Hall–Kier alpha value is -1.72. The number of carbonyl (C=O) groups is 1. The molecule has 2 amide bonds. The van der Waals surface area contributed by atoms with Gasteiger partial charge >= 0.3 is 6.03 Å². The highest BCUT2D eigenvalue weighted by molar-refractivity contribution is 5.89. The minimum Gasteiger partial charge on any atom is -0.338 e. The quantitative estimate of drug-likeness (QED) is 0.727. The summed E-state index contributed by atoms with van der Waals surface area (Å²) in [6, 6.07) is 5.13. The van der Waals surface area contributed by atoms with Gasteiger partial charge in [-0.1, -0.05) is 12.5 Å². The SMILES string of the molecule is CC(F)(F)CCCCCNC(=O)Nc1cccc(F)c1. The largest absolute Gasteiger partial charge is 0.338 e. The summed E-state index contributed by atoms with van der Waals surface area (Å²) in [5.74, 6) is -3.05. The molecule has 0 aliphatic heterocycles. The van der Waals surface area contributed by atoms with Crippen molar-refractivity contribution in [3.63, 3.8) is 0 Å². The minimum absolute atomic E-state index is 0.136. The number of nitrogens with one attached hydrogen (secondary N) is 2. The molecular weight excluding hydrogens is 269 g/mol. The summed E-state index contributed by atoms with van der Waals surface area (Å²) in [7, 11) is 0. The van der Waals surface area contributed by atoms with E-state index in [0.29, 0.717) is 31.5 Å². The van der Waals surface area contributed by atoms with E-state index in [9.17, 15) is 18.0 Å². The monoisotopic (exact) mass is 288 g/mol. The lowest BCUT2D eigenvalue weighted by Gasteiger charge is -2.10. The molecule has 1 aromatic rings. The molecule has 0 spiro atoms. The molecule has 20 heavy (non-hydrogen) atoms. The molecule has 0 saturated heterocycles. The van der Waals surface area contributed by atoms with E-state index in [-0.39, 0.29) is 6.42 Å². The average Bonchev–Trinajstić information content (AvgIpc) is 2.32. The molecule has 0 fully saturated rings. The molecule has 0 aromatic heterocycles. The summed E-state index contributed by atoms with van der Waals surface area (Å²) >= 11 is 0. The summed E-state index contributed by atoms with van der Waals surface area (Å²) in [5, 5.41) is 5.08. The van der Waals surface area contributed by atoms with E-state index in [1.807, 2.05) is 0 Å². The third kappa shape index (κ3) is 7.66. The standard InChI is InChI=1S/C14H19F3N2O/c1-14(16,17)8-3-2-4-9-18-13(20)19-12-7-5-6-11(15)10-12/h5-7,10H,2-4,8-9H2,1H3,(H2,18,19,20). The molecule has 0 unspecified atom stereocenters. The number of halogens is 3. The molecule has 1 rings (SSSR count). The number of amides is 2. The number of benzene rings is 1. The molecule has 0 aliphatic carbocycles. The highest BCUT2D eigenvalue weighted by atomic mass is 19.3. The topological polar surface area (TPSA) is 41.1 Å². The van der Waals surface area contributed by atoms with E-state index < -0.39 is 17.8 Å². The van der Waals surface area contributed by atoms with Crippen molar-refractivity contribution in [2.45, 2.75) is 38.5 Å². The summed E-state index contributed by atoms with van der Waals surface area (Å²) in [6.07, 6.45) is 1.55. The maximum absolute atomic E-state index is 12.9. The second-order valence-corrected chi connectivity index (χ2v) is 4.77. The maximum Gasteiger partial charge on any atom is 0.319 e. The molecule has 6 heteroatoms. The number of anilines is 1. The Morgan fingerprint density at radius 1 is 1.25 bits per heavy atom. The number of unbranched alkanes of at least 4 members (excludes halogenated alkanes) is 2. The fraction of sp³-hybridized carbons (Fsp3) is 0.500. The Bertz CT molecular complexity index is 433. The fourth-order valence-corrected chi connectivity index (χ4v) is 1.68. The van der Waals surface area contributed by atoms with E-state index in [0.717, 1.165) is 6.92 Å². The van der Waals surface area contributed by atoms with Gasteiger partial charge in [-0.25, -0.2) is 18.0 Å². The van der Waals surface area contributed by atoms with Crippen LogP contribution >= 0.6 is 0 Å². The van der Waals surface area contributed by atoms with Crippen LogP contribution < -0.4 is 10.6 Å². The van der Waals surface area contributed by atoms with Crippen molar-refractivity contribution < 1.29 is 18.0 Å². The molecule has 2 N–H and O–H groups in total. The van der Waals surface area contributed by atoms with Crippen molar-refractivity contribution in [3.05, 3.63) is 30.1 Å². The van der Waals surface area contributed by atoms with Crippen LogP contribution in [0, 0.1) is 5.82 Å². The van der Waals surface area contributed by atoms with Crippen LogP contribution in [-0.4, -0.2) is 18.5 Å². The Morgan fingerprint density at radius 3 is 2.65 bits per heavy atom. The van der Waals surface area contributed by atoms with Gasteiger partial charge in [0.2, 0.25) is 5.92 Å². The van der Waals surface area contributed by atoms with Crippen molar-refractivity contribution in [1.82, 2.24) is 5.32 Å². The van der Waals surface area contributed by atoms with Gasteiger partial charge in [0.05, 0.1) is 0 Å². The maximum atomic E-state index is 12.9. The van der Waals surface area contributed by atoms with Crippen LogP contribution in [0.15, 0.2) is 24.3 Å². The summed E-state index contributed by atoms with van der Waals surface area (Å²) < 4.78 is 37.9. The van der Waals surface area contributed by atoms with Gasteiger partial charge in [0.25, 0.3) is 0 Å². The third-order valence-corrected chi connectivity index (χ3v) is 2.66. The number of hydrogen-bond acceptors (Lipinski definition) is 1. The lowest BCUT2D eigenvalue weighted by molar-refractivity contribution is 0.0104. The summed E-state index contributed by atoms with van der Waals surface area (Å²) in [4.78, 5) is 11.5. The molecule has 1 aromatic carbocycles. The second kappa shape index (κ2) is 7.77. The Balaban J connectivity index is 2.12. The Morgan fingerprint density at radius 2 is 2.00 bits per heavy atom. The van der Waals surface area contributed by atoms with E-state index in [1.165, 1.54) is 18.2 Å². The molecule has 112 valence electrons. The molecule has 0 radical (unpaired) electrons. The van der Waals surface area contributed by atoms with Crippen molar-refractivity contribution in [2.75, 3.05) is 11.9 Å². The van der Waals surface area contributed by atoms with Crippen molar-refractivity contribution in [1.29, 1.82) is 0 Å². The van der Waals surface area contributed by atoms with Gasteiger partial charge in [-0.2, -0.15) is 0 Å². The van der Waals surface area contributed by atoms with Gasteiger partial charge in [-0.15, -0.1) is 0 Å². The zero-order chi connectivity index (χ0) is 15.0. The highest BCUT2D eigenvalue weighted by Crippen LogP contribution is 2.20. The smallest absolute Gasteiger partial charge is 0.319 e. The van der Waals surface area contributed by atoms with E-state index in [4.69, 9.17) is 0 Å². The molecule has 0 bridgehead atoms. The van der Waals surface area contributed by atoms with Gasteiger partial charge in [0, 0.05) is 18.7 Å². The van der Waals surface area contributed by atoms with Gasteiger partial charge in [0.15, 0.2) is 0 Å². The van der Waals surface area contributed by atoms with Crippen molar-refractivity contribution in [3.8, 4) is 0 Å². The van der Waals surface area contributed by atoms with Crippen molar-refractivity contribution >= 4 is 11.7 Å². The number of carbonyl (C=O) groups excluding carboxylic acids is 1.